The molecule has 2 aromatic rings. The van der Waals surface area contributed by atoms with E-state index in [0.717, 1.165) is 37.4 Å². The Hall–Kier alpha value is -1.39. The van der Waals surface area contributed by atoms with Gasteiger partial charge in [0.25, 0.3) is 0 Å². The van der Waals surface area contributed by atoms with Crippen LogP contribution >= 0.6 is 12.4 Å². The highest BCUT2D eigenvalue weighted by molar-refractivity contribution is 5.85. The van der Waals surface area contributed by atoms with Gasteiger partial charge < -0.3 is 5.32 Å². The van der Waals surface area contributed by atoms with Crippen LogP contribution in [0.5, 0.6) is 0 Å². The Bertz CT molecular complexity index is 477. The molecule has 5 heteroatoms. The predicted molar refractivity (Wildman–Crippen MR) is 73.5 cm³/mol. The van der Waals surface area contributed by atoms with Gasteiger partial charge in [0, 0.05) is 11.6 Å². The molecule has 0 aliphatic carbocycles. The van der Waals surface area contributed by atoms with Crippen LogP contribution in [-0.4, -0.2) is 27.9 Å². The molecule has 18 heavy (non-hydrogen) atoms. The molecule has 1 fully saturated rings. The van der Waals surface area contributed by atoms with Crippen molar-refractivity contribution >= 4 is 12.4 Å². The third-order valence-corrected chi connectivity index (χ3v) is 3.31. The molecular weight excluding hydrogens is 248 g/mol. The summed E-state index contributed by atoms with van der Waals surface area (Å²) >= 11 is 0. The molecule has 0 amide bonds. The van der Waals surface area contributed by atoms with Gasteiger partial charge in [0.05, 0.1) is 0 Å². The highest BCUT2D eigenvalue weighted by atomic mass is 35.5. The van der Waals surface area contributed by atoms with Crippen LogP contribution in [0.3, 0.4) is 0 Å². The average molecular weight is 265 g/mol. The van der Waals surface area contributed by atoms with Gasteiger partial charge in [-0.05, 0) is 38.1 Å². The normalized spacial score (nSPS) is 16.2. The van der Waals surface area contributed by atoms with Crippen LogP contribution in [0.15, 0.2) is 36.7 Å². The number of para-hydroxylation sites is 1. The summed E-state index contributed by atoms with van der Waals surface area (Å²) in [6.07, 6.45) is 4.10. The zero-order valence-corrected chi connectivity index (χ0v) is 10.9. The average Bonchev–Trinajstić information content (AvgIpc) is 2.90. The van der Waals surface area contributed by atoms with E-state index < -0.39 is 0 Å². The Morgan fingerprint density at radius 3 is 2.56 bits per heavy atom. The fourth-order valence-corrected chi connectivity index (χ4v) is 2.39. The first-order valence-corrected chi connectivity index (χ1v) is 6.11. The summed E-state index contributed by atoms with van der Waals surface area (Å²) < 4.78 is 2.11. The van der Waals surface area contributed by atoms with E-state index in [2.05, 4.69) is 32.2 Å². The maximum Gasteiger partial charge on any atom is 0.140 e. The second-order valence-electron chi connectivity index (χ2n) is 4.42. The smallest absolute Gasteiger partial charge is 0.140 e. The third kappa shape index (κ3) is 2.54. The number of nitrogens with one attached hydrogen (secondary N) is 1. The summed E-state index contributed by atoms with van der Waals surface area (Å²) in [6, 6.07) is 10.3. The molecule has 1 N–H and O–H groups in total. The van der Waals surface area contributed by atoms with E-state index in [4.69, 9.17) is 0 Å². The minimum atomic E-state index is 0. The van der Waals surface area contributed by atoms with Crippen LogP contribution in [0, 0.1) is 0 Å². The number of benzene rings is 1. The molecule has 2 heterocycles. The van der Waals surface area contributed by atoms with Gasteiger partial charge in [-0.25, -0.2) is 0 Å². The minimum absolute atomic E-state index is 0. The molecule has 1 aromatic heterocycles. The molecule has 0 atom stereocenters. The van der Waals surface area contributed by atoms with Crippen molar-refractivity contribution < 1.29 is 0 Å². The van der Waals surface area contributed by atoms with Gasteiger partial charge >= 0.3 is 0 Å². The molecule has 4 nitrogen and oxygen atoms in total. The maximum absolute atomic E-state index is 4.30. The van der Waals surface area contributed by atoms with Crippen molar-refractivity contribution in [1.82, 2.24) is 20.1 Å². The summed E-state index contributed by atoms with van der Waals surface area (Å²) in [7, 11) is 0. The Labute approximate surface area is 113 Å². The Morgan fingerprint density at radius 2 is 1.83 bits per heavy atom. The minimum Gasteiger partial charge on any atom is -0.317 e. The van der Waals surface area contributed by atoms with Crippen LogP contribution < -0.4 is 5.32 Å². The van der Waals surface area contributed by atoms with Crippen molar-refractivity contribution in [1.29, 1.82) is 0 Å². The lowest BCUT2D eigenvalue weighted by Crippen LogP contribution is -2.28. The molecule has 1 aliphatic rings. The first kappa shape index (κ1) is 13.1. The second-order valence-corrected chi connectivity index (χ2v) is 4.42. The third-order valence-electron chi connectivity index (χ3n) is 3.31. The number of nitrogens with zero attached hydrogens (tertiary/aromatic N) is 3. The standard InChI is InChI=1S/C13H16N4.ClH/c1-2-4-12(5-3-1)17-10-15-16-13(17)11-6-8-14-9-7-11;/h1-5,10-11,14H,6-9H2;1H. The number of rotatable bonds is 2. The van der Waals surface area contributed by atoms with E-state index in [1.165, 1.54) is 0 Å². The highest BCUT2D eigenvalue weighted by Crippen LogP contribution is 2.25. The lowest BCUT2D eigenvalue weighted by molar-refractivity contribution is 0.440. The van der Waals surface area contributed by atoms with Crippen LogP contribution in [0.4, 0.5) is 0 Å². The van der Waals surface area contributed by atoms with Crippen molar-refractivity contribution in [3.63, 3.8) is 0 Å². The van der Waals surface area contributed by atoms with Gasteiger partial charge in [-0.3, -0.25) is 4.57 Å². The van der Waals surface area contributed by atoms with Gasteiger partial charge in [-0.2, -0.15) is 0 Å². The summed E-state index contributed by atoms with van der Waals surface area (Å²) in [5.74, 6) is 1.62. The molecule has 0 unspecified atom stereocenters. The lowest BCUT2D eigenvalue weighted by atomic mass is 9.97. The van der Waals surface area contributed by atoms with E-state index >= 15 is 0 Å². The topological polar surface area (TPSA) is 42.7 Å². The number of aromatic nitrogens is 3. The van der Waals surface area contributed by atoms with Crippen molar-refractivity contribution in [3.8, 4) is 5.69 Å². The monoisotopic (exact) mass is 264 g/mol. The van der Waals surface area contributed by atoms with Crippen molar-refractivity contribution in [2.24, 2.45) is 0 Å². The summed E-state index contributed by atoms with van der Waals surface area (Å²) in [6.45, 7) is 2.15. The van der Waals surface area contributed by atoms with Gasteiger partial charge in [0.1, 0.15) is 12.2 Å². The Morgan fingerprint density at radius 1 is 1.11 bits per heavy atom. The lowest BCUT2D eigenvalue weighted by Gasteiger charge is -2.22. The number of hydrogen-bond acceptors (Lipinski definition) is 3. The van der Waals surface area contributed by atoms with Gasteiger partial charge in [-0.1, -0.05) is 18.2 Å². The van der Waals surface area contributed by atoms with Crippen molar-refractivity contribution in [3.05, 3.63) is 42.5 Å². The molecule has 0 spiro atoms. The van der Waals surface area contributed by atoms with Crippen LogP contribution in [0.1, 0.15) is 24.6 Å². The largest absolute Gasteiger partial charge is 0.317 e. The highest BCUT2D eigenvalue weighted by Gasteiger charge is 2.20. The Balaban J connectivity index is 0.00000120. The predicted octanol–water partition coefficient (Wildman–Crippen LogP) is 2.16. The van der Waals surface area contributed by atoms with Gasteiger partial charge in [0.15, 0.2) is 0 Å². The first-order valence-electron chi connectivity index (χ1n) is 6.11. The van der Waals surface area contributed by atoms with E-state index in [1.807, 2.05) is 24.5 Å². The van der Waals surface area contributed by atoms with Gasteiger partial charge in [0.2, 0.25) is 0 Å². The molecule has 0 bridgehead atoms. The summed E-state index contributed by atoms with van der Waals surface area (Å²) in [4.78, 5) is 0. The molecule has 1 saturated heterocycles. The van der Waals surface area contributed by atoms with Crippen molar-refractivity contribution in [2.45, 2.75) is 18.8 Å². The second kappa shape index (κ2) is 5.98. The SMILES string of the molecule is Cl.c1ccc(-n2cnnc2C2CCNCC2)cc1. The number of piperidine rings is 1. The summed E-state index contributed by atoms with van der Waals surface area (Å²) in [5.41, 5.74) is 1.14. The van der Waals surface area contributed by atoms with Crippen LogP contribution in [-0.2, 0) is 0 Å². The molecule has 1 aromatic carbocycles. The van der Waals surface area contributed by atoms with Crippen molar-refractivity contribution in [2.75, 3.05) is 13.1 Å². The van der Waals surface area contributed by atoms with E-state index in [-0.39, 0.29) is 12.4 Å². The molecule has 96 valence electrons. The molecule has 0 radical (unpaired) electrons. The van der Waals surface area contributed by atoms with E-state index in [9.17, 15) is 0 Å². The number of hydrogen-bond donors (Lipinski definition) is 1. The molecule has 1 aliphatic heterocycles. The van der Waals surface area contributed by atoms with Crippen LogP contribution in [0.2, 0.25) is 0 Å². The Kier molecular flexibility index (Phi) is 4.33. The fraction of sp³-hybridized carbons (Fsp3) is 0.385. The van der Waals surface area contributed by atoms with E-state index in [1.54, 1.807) is 0 Å². The fourth-order valence-electron chi connectivity index (χ4n) is 2.39. The van der Waals surface area contributed by atoms with Gasteiger partial charge in [-0.15, -0.1) is 22.6 Å². The zero-order valence-electron chi connectivity index (χ0n) is 10.1. The molecule has 3 rings (SSSR count). The first-order chi connectivity index (χ1) is 8.45. The van der Waals surface area contributed by atoms with Crippen LogP contribution in [0.25, 0.3) is 5.69 Å². The molecular formula is C13H17ClN4. The summed E-state index contributed by atoms with van der Waals surface area (Å²) in [5, 5.41) is 11.7. The quantitative estimate of drug-likeness (QED) is 0.904. The van der Waals surface area contributed by atoms with E-state index in [0.29, 0.717) is 5.92 Å². The maximum atomic E-state index is 4.30. The molecule has 0 saturated carbocycles. The zero-order chi connectivity index (χ0) is 11.5. The number of halogens is 1.